The minimum absolute atomic E-state index is 0.519. The lowest BCUT2D eigenvalue weighted by Gasteiger charge is -2.03. The Hall–Kier alpha value is -0.480. The molecule has 0 unspecified atom stereocenters. The monoisotopic (exact) mass is 211 g/mol. The molecule has 1 aromatic rings. The van der Waals surface area contributed by atoms with Crippen molar-refractivity contribution in [3.05, 3.63) is 10.0 Å². The summed E-state index contributed by atoms with van der Waals surface area (Å²) in [4.78, 5) is 0. The Balaban J connectivity index is 1.82. The summed E-state index contributed by atoms with van der Waals surface area (Å²) in [6, 6.07) is 0.519. The van der Waals surface area contributed by atoms with E-state index in [0.717, 1.165) is 23.9 Å². The summed E-state index contributed by atoms with van der Waals surface area (Å²) in [5.74, 6) is 0.911. The lowest BCUT2D eigenvalue weighted by atomic mass is 10.3. The van der Waals surface area contributed by atoms with Crippen molar-refractivity contribution < 1.29 is 0 Å². The van der Waals surface area contributed by atoms with Crippen LogP contribution in [0.2, 0.25) is 0 Å². The second-order valence-corrected chi connectivity index (χ2v) is 5.42. The Labute approximate surface area is 88.9 Å². The molecule has 14 heavy (non-hydrogen) atoms. The third kappa shape index (κ3) is 3.03. The van der Waals surface area contributed by atoms with Gasteiger partial charge in [0.1, 0.15) is 10.0 Å². The van der Waals surface area contributed by atoms with Crippen LogP contribution >= 0.6 is 11.3 Å². The van der Waals surface area contributed by atoms with Crippen molar-refractivity contribution in [3.8, 4) is 0 Å². The van der Waals surface area contributed by atoms with Crippen LogP contribution in [-0.4, -0.2) is 16.2 Å². The van der Waals surface area contributed by atoms with E-state index in [1.807, 2.05) is 0 Å². The zero-order valence-corrected chi connectivity index (χ0v) is 9.60. The smallest absolute Gasteiger partial charge is 0.131 e. The minimum Gasteiger partial charge on any atom is -0.308 e. The van der Waals surface area contributed by atoms with Gasteiger partial charge < -0.3 is 5.32 Å². The van der Waals surface area contributed by atoms with Gasteiger partial charge in [-0.3, -0.25) is 0 Å². The highest BCUT2D eigenvalue weighted by Crippen LogP contribution is 2.33. The molecule has 1 aromatic heterocycles. The molecule has 1 N–H and O–H groups in total. The van der Waals surface area contributed by atoms with Gasteiger partial charge in [0.25, 0.3) is 0 Å². The SMILES string of the molecule is CC(C)NCc1nnc(CC2CC2)s1. The summed E-state index contributed by atoms with van der Waals surface area (Å²) >= 11 is 1.76. The third-order valence-electron chi connectivity index (χ3n) is 2.33. The van der Waals surface area contributed by atoms with Crippen LogP contribution in [0, 0.1) is 5.92 Å². The molecule has 3 nitrogen and oxygen atoms in total. The quantitative estimate of drug-likeness (QED) is 0.809. The van der Waals surface area contributed by atoms with Crippen LogP contribution in [-0.2, 0) is 13.0 Å². The molecule has 0 amide bonds. The molecule has 4 heteroatoms. The van der Waals surface area contributed by atoms with Crippen molar-refractivity contribution in [2.45, 2.75) is 45.7 Å². The molecule has 0 radical (unpaired) electrons. The van der Waals surface area contributed by atoms with Crippen LogP contribution in [0.25, 0.3) is 0 Å². The van der Waals surface area contributed by atoms with Gasteiger partial charge in [0.05, 0.1) is 0 Å². The Morgan fingerprint density at radius 3 is 2.71 bits per heavy atom. The van der Waals surface area contributed by atoms with Crippen LogP contribution in [0.5, 0.6) is 0 Å². The van der Waals surface area contributed by atoms with Crippen molar-refractivity contribution in [2.24, 2.45) is 5.92 Å². The molecule has 0 spiro atoms. The number of rotatable bonds is 5. The van der Waals surface area contributed by atoms with Crippen LogP contribution < -0.4 is 5.32 Å². The van der Waals surface area contributed by atoms with E-state index in [9.17, 15) is 0 Å². The zero-order chi connectivity index (χ0) is 9.97. The highest BCUT2D eigenvalue weighted by molar-refractivity contribution is 7.11. The largest absolute Gasteiger partial charge is 0.308 e. The van der Waals surface area contributed by atoms with Gasteiger partial charge in [-0.25, -0.2) is 0 Å². The van der Waals surface area contributed by atoms with Gasteiger partial charge in [-0.15, -0.1) is 21.5 Å². The van der Waals surface area contributed by atoms with Crippen molar-refractivity contribution in [1.29, 1.82) is 0 Å². The second-order valence-electron chi connectivity index (χ2n) is 4.27. The van der Waals surface area contributed by atoms with Crippen LogP contribution in [0.4, 0.5) is 0 Å². The summed E-state index contributed by atoms with van der Waals surface area (Å²) in [5, 5.41) is 14.1. The van der Waals surface area contributed by atoms with Crippen molar-refractivity contribution in [3.63, 3.8) is 0 Å². The third-order valence-corrected chi connectivity index (χ3v) is 3.28. The Morgan fingerprint density at radius 1 is 1.36 bits per heavy atom. The van der Waals surface area contributed by atoms with E-state index in [0.29, 0.717) is 6.04 Å². The molecule has 0 saturated heterocycles. The minimum atomic E-state index is 0.519. The Bertz CT molecular complexity index is 291. The number of nitrogens with one attached hydrogen (secondary N) is 1. The molecule has 0 bridgehead atoms. The van der Waals surface area contributed by atoms with E-state index in [1.54, 1.807) is 11.3 Å². The van der Waals surface area contributed by atoms with E-state index in [4.69, 9.17) is 0 Å². The molecule has 0 aromatic carbocycles. The van der Waals surface area contributed by atoms with Crippen molar-refractivity contribution >= 4 is 11.3 Å². The number of nitrogens with zero attached hydrogens (tertiary/aromatic N) is 2. The van der Waals surface area contributed by atoms with Crippen LogP contribution in [0.3, 0.4) is 0 Å². The average molecular weight is 211 g/mol. The molecule has 0 atom stereocenters. The summed E-state index contributed by atoms with van der Waals surface area (Å²) in [5.41, 5.74) is 0. The van der Waals surface area contributed by atoms with E-state index in [2.05, 4.69) is 29.4 Å². The van der Waals surface area contributed by atoms with E-state index < -0.39 is 0 Å². The van der Waals surface area contributed by atoms with Gasteiger partial charge in [0.15, 0.2) is 0 Å². The standard InChI is InChI=1S/C10H17N3S/c1-7(2)11-6-10-13-12-9(14-10)5-8-3-4-8/h7-8,11H,3-6H2,1-2H3. The maximum absolute atomic E-state index is 4.20. The lowest BCUT2D eigenvalue weighted by molar-refractivity contribution is 0.584. The van der Waals surface area contributed by atoms with Gasteiger partial charge in [-0.1, -0.05) is 13.8 Å². The number of hydrogen-bond donors (Lipinski definition) is 1. The molecule has 0 aliphatic heterocycles. The topological polar surface area (TPSA) is 37.8 Å². The van der Waals surface area contributed by atoms with Crippen molar-refractivity contribution in [2.75, 3.05) is 0 Å². The van der Waals surface area contributed by atoms with Crippen LogP contribution in [0.1, 0.15) is 36.7 Å². The first-order valence-corrected chi connectivity index (χ1v) is 6.10. The fourth-order valence-electron chi connectivity index (χ4n) is 1.30. The molecular weight excluding hydrogens is 194 g/mol. The maximum atomic E-state index is 4.20. The van der Waals surface area contributed by atoms with E-state index in [-0.39, 0.29) is 0 Å². The number of hydrogen-bond acceptors (Lipinski definition) is 4. The molecule has 1 aliphatic carbocycles. The van der Waals surface area contributed by atoms with Gasteiger partial charge in [0, 0.05) is 19.0 Å². The molecule has 1 fully saturated rings. The van der Waals surface area contributed by atoms with Gasteiger partial charge >= 0.3 is 0 Å². The summed E-state index contributed by atoms with van der Waals surface area (Å²) < 4.78 is 0. The highest BCUT2D eigenvalue weighted by Gasteiger charge is 2.23. The highest BCUT2D eigenvalue weighted by atomic mass is 32.1. The van der Waals surface area contributed by atoms with Gasteiger partial charge in [-0.05, 0) is 18.8 Å². The number of aromatic nitrogens is 2. The van der Waals surface area contributed by atoms with E-state index in [1.165, 1.54) is 17.8 Å². The van der Waals surface area contributed by atoms with Crippen molar-refractivity contribution in [1.82, 2.24) is 15.5 Å². The Morgan fingerprint density at radius 2 is 2.07 bits per heavy atom. The van der Waals surface area contributed by atoms with Crippen LogP contribution in [0.15, 0.2) is 0 Å². The fourth-order valence-corrected chi connectivity index (χ4v) is 2.21. The second kappa shape index (κ2) is 4.36. The molecule has 1 aliphatic rings. The molecule has 1 saturated carbocycles. The van der Waals surface area contributed by atoms with E-state index >= 15 is 0 Å². The molecule has 2 rings (SSSR count). The van der Waals surface area contributed by atoms with Gasteiger partial charge in [-0.2, -0.15) is 0 Å². The Kier molecular flexibility index (Phi) is 3.13. The average Bonchev–Trinajstić information content (AvgIpc) is 2.81. The molecule has 1 heterocycles. The summed E-state index contributed by atoms with van der Waals surface area (Å²) in [6.45, 7) is 5.15. The predicted octanol–water partition coefficient (Wildman–Crippen LogP) is 1.99. The lowest BCUT2D eigenvalue weighted by Crippen LogP contribution is -2.21. The first-order chi connectivity index (χ1) is 6.74. The molecule has 78 valence electrons. The fraction of sp³-hybridized carbons (Fsp3) is 0.800. The zero-order valence-electron chi connectivity index (χ0n) is 8.79. The normalized spacial score (nSPS) is 16.5. The predicted molar refractivity (Wildman–Crippen MR) is 58.3 cm³/mol. The first-order valence-electron chi connectivity index (χ1n) is 5.28. The first kappa shape index (κ1) is 10.1. The summed E-state index contributed by atoms with van der Waals surface area (Å²) in [6.07, 6.45) is 3.93. The maximum Gasteiger partial charge on any atom is 0.131 e. The van der Waals surface area contributed by atoms with Gasteiger partial charge in [0.2, 0.25) is 0 Å². The molecular formula is C10H17N3S. The summed E-state index contributed by atoms with van der Waals surface area (Å²) in [7, 11) is 0.